The lowest BCUT2D eigenvalue weighted by Crippen LogP contribution is -2.27. The van der Waals surface area contributed by atoms with Crippen molar-refractivity contribution in [3.05, 3.63) is 23.3 Å². The van der Waals surface area contributed by atoms with Crippen LogP contribution in [0.4, 0.5) is 11.4 Å². The van der Waals surface area contributed by atoms with Crippen LogP contribution >= 0.6 is 11.8 Å². The van der Waals surface area contributed by atoms with Crippen LogP contribution in [0.25, 0.3) is 0 Å². The van der Waals surface area contributed by atoms with Crippen LogP contribution < -0.4 is 11.1 Å². The standard InChI is InChI=1S/C15H22N2O2S/c1-10-7-11(8-12(13(10)16)14(18)19-3)17-9-15(2)5-4-6-20-15/h7-8,17H,4-6,9,16H2,1-3H3. The van der Waals surface area contributed by atoms with Gasteiger partial charge >= 0.3 is 5.97 Å². The first-order chi connectivity index (χ1) is 9.45. The number of aryl methyl sites for hydroxylation is 1. The second-order valence-corrected chi connectivity index (χ2v) is 7.18. The SMILES string of the molecule is COC(=O)c1cc(NCC2(C)CCCS2)cc(C)c1N. The molecule has 4 nitrogen and oxygen atoms in total. The van der Waals surface area contributed by atoms with E-state index in [0.29, 0.717) is 11.3 Å². The maximum Gasteiger partial charge on any atom is 0.340 e. The molecule has 1 aliphatic heterocycles. The minimum absolute atomic E-state index is 0.278. The van der Waals surface area contributed by atoms with Gasteiger partial charge in [0.15, 0.2) is 0 Å². The third kappa shape index (κ3) is 3.20. The zero-order valence-corrected chi connectivity index (χ0v) is 13.1. The van der Waals surface area contributed by atoms with Crippen molar-refractivity contribution >= 4 is 29.1 Å². The van der Waals surface area contributed by atoms with Crippen molar-refractivity contribution in [3.63, 3.8) is 0 Å². The van der Waals surface area contributed by atoms with E-state index in [9.17, 15) is 4.79 Å². The fourth-order valence-electron chi connectivity index (χ4n) is 2.44. The molecular weight excluding hydrogens is 272 g/mol. The van der Waals surface area contributed by atoms with Crippen LogP contribution in [-0.4, -0.2) is 30.1 Å². The number of ether oxygens (including phenoxy) is 1. The van der Waals surface area contributed by atoms with E-state index >= 15 is 0 Å². The first-order valence-electron chi connectivity index (χ1n) is 6.81. The number of anilines is 2. The maximum atomic E-state index is 11.7. The molecule has 0 radical (unpaired) electrons. The average Bonchev–Trinajstić information content (AvgIpc) is 2.86. The zero-order valence-electron chi connectivity index (χ0n) is 12.3. The minimum Gasteiger partial charge on any atom is -0.465 e. The summed E-state index contributed by atoms with van der Waals surface area (Å²) in [5.74, 6) is 0.836. The van der Waals surface area contributed by atoms with Gasteiger partial charge in [-0.05, 0) is 50.1 Å². The highest BCUT2D eigenvalue weighted by molar-refractivity contribution is 8.00. The molecule has 0 spiro atoms. The van der Waals surface area contributed by atoms with Crippen molar-refractivity contribution in [1.82, 2.24) is 0 Å². The van der Waals surface area contributed by atoms with Gasteiger partial charge in [-0.2, -0.15) is 11.8 Å². The van der Waals surface area contributed by atoms with Crippen LogP contribution in [0, 0.1) is 6.92 Å². The van der Waals surface area contributed by atoms with Gasteiger partial charge in [-0.25, -0.2) is 4.79 Å². The highest BCUT2D eigenvalue weighted by atomic mass is 32.2. The predicted octanol–water partition coefficient (Wildman–Crippen LogP) is 3.06. The summed E-state index contributed by atoms with van der Waals surface area (Å²) in [6.07, 6.45) is 2.50. The summed E-state index contributed by atoms with van der Waals surface area (Å²) in [5.41, 5.74) is 8.67. The van der Waals surface area contributed by atoms with Gasteiger partial charge in [0.25, 0.3) is 0 Å². The van der Waals surface area contributed by atoms with E-state index in [1.54, 1.807) is 6.07 Å². The van der Waals surface area contributed by atoms with Gasteiger partial charge in [0.2, 0.25) is 0 Å². The molecule has 0 bridgehead atoms. The Morgan fingerprint density at radius 3 is 2.90 bits per heavy atom. The summed E-state index contributed by atoms with van der Waals surface area (Å²) >= 11 is 2.01. The van der Waals surface area contributed by atoms with Crippen LogP contribution in [-0.2, 0) is 4.74 Å². The van der Waals surface area contributed by atoms with Crippen molar-refractivity contribution in [2.24, 2.45) is 0 Å². The van der Waals surface area contributed by atoms with Gasteiger partial charge in [-0.15, -0.1) is 0 Å². The molecule has 5 heteroatoms. The molecule has 1 aromatic rings. The number of methoxy groups -OCH3 is 1. The van der Waals surface area contributed by atoms with Gasteiger partial charge in [0.05, 0.1) is 12.7 Å². The van der Waals surface area contributed by atoms with Gasteiger partial charge < -0.3 is 15.8 Å². The van der Waals surface area contributed by atoms with E-state index in [2.05, 4.69) is 12.2 Å². The third-order valence-electron chi connectivity index (χ3n) is 3.76. The Morgan fingerprint density at radius 1 is 1.55 bits per heavy atom. The normalized spacial score (nSPS) is 21.8. The number of hydrogen-bond donors (Lipinski definition) is 2. The molecule has 0 aromatic heterocycles. The molecule has 1 fully saturated rings. The van der Waals surface area contributed by atoms with Gasteiger partial charge in [0, 0.05) is 22.7 Å². The summed E-state index contributed by atoms with van der Waals surface area (Å²) in [6, 6.07) is 3.75. The number of nitrogens with one attached hydrogen (secondary N) is 1. The zero-order chi connectivity index (χ0) is 14.8. The van der Waals surface area contributed by atoms with Crippen LogP contribution in [0.15, 0.2) is 12.1 Å². The number of carbonyl (C=O) groups excluding carboxylic acids is 1. The molecule has 0 aliphatic carbocycles. The molecule has 1 unspecified atom stereocenters. The second-order valence-electron chi connectivity index (χ2n) is 5.50. The lowest BCUT2D eigenvalue weighted by atomic mass is 10.0. The van der Waals surface area contributed by atoms with E-state index < -0.39 is 5.97 Å². The Bertz CT molecular complexity index is 511. The molecule has 1 heterocycles. The number of benzene rings is 1. The van der Waals surface area contributed by atoms with Gasteiger partial charge in [-0.3, -0.25) is 0 Å². The van der Waals surface area contributed by atoms with Crippen LogP contribution in [0.3, 0.4) is 0 Å². The topological polar surface area (TPSA) is 64.3 Å². The smallest absolute Gasteiger partial charge is 0.340 e. The summed E-state index contributed by atoms with van der Waals surface area (Å²) in [6.45, 7) is 5.07. The lowest BCUT2D eigenvalue weighted by Gasteiger charge is -2.24. The second kappa shape index (κ2) is 5.95. The predicted molar refractivity (Wildman–Crippen MR) is 85.5 cm³/mol. The Labute approximate surface area is 124 Å². The molecule has 1 aliphatic rings. The van der Waals surface area contributed by atoms with Gasteiger partial charge in [0.1, 0.15) is 0 Å². The molecule has 3 N–H and O–H groups in total. The molecule has 1 saturated heterocycles. The molecule has 1 atom stereocenters. The number of rotatable bonds is 4. The monoisotopic (exact) mass is 294 g/mol. The third-order valence-corrected chi connectivity index (χ3v) is 5.30. The Morgan fingerprint density at radius 2 is 2.30 bits per heavy atom. The molecule has 0 saturated carbocycles. The average molecular weight is 294 g/mol. The summed E-state index contributed by atoms with van der Waals surface area (Å²) < 4.78 is 5.05. The highest BCUT2D eigenvalue weighted by Gasteiger charge is 2.29. The first-order valence-corrected chi connectivity index (χ1v) is 7.80. The number of nitrogens with two attached hydrogens (primary N) is 1. The van der Waals surface area contributed by atoms with E-state index in [4.69, 9.17) is 10.5 Å². The fourth-order valence-corrected chi connectivity index (χ4v) is 3.69. The van der Waals surface area contributed by atoms with E-state index in [1.807, 2.05) is 24.8 Å². The number of carbonyl (C=O) groups is 1. The molecule has 20 heavy (non-hydrogen) atoms. The number of nitrogen functional groups attached to an aromatic ring is 1. The van der Waals surface area contributed by atoms with Crippen LogP contribution in [0.5, 0.6) is 0 Å². The number of thioether (sulfide) groups is 1. The minimum atomic E-state index is -0.393. The van der Waals surface area contributed by atoms with E-state index in [-0.39, 0.29) is 4.75 Å². The highest BCUT2D eigenvalue weighted by Crippen LogP contribution is 2.38. The van der Waals surface area contributed by atoms with Crippen LogP contribution in [0.2, 0.25) is 0 Å². The molecule has 1 aromatic carbocycles. The molecule has 110 valence electrons. The molecular formula is C15H22N2O2S. The van der Waals surface area contributed by atoms with Crippen molar-refractivity contribution in [1.29, 1.82) is 0 Å². The largest absolute Gasteiger partial charge is 0.465 e. The Kier molecular flexibility index (Phi) is 4.48. The first kappa shape index (κ1) is 15.0. The summed E-state index contributed by atoms with van der Waals surface area (Å²) in [4.78, 5) is 11.7. The maximum absolute atomic E-state index is 11.7. The quantitative estimate of drug-likeness (QED) is 0.660. The summed E-state index contributed by atoms with van der Waals surface area (Å²) in [5, 5.41) is 3.43. The van der Waals surface area contributed by atoms with Crippen LogP contribution in [0.1, 0.15) is 35.7 Å². The van der Waals surface area contributed by atoms with Crippen molar-refractivity contribution in [3.8, 4) is 0 Å². The Balaban J connectivity index is 2.16. The lowest BCUT2D eigenvalue weighted by molar-refractivity contribution is 0.0602. The van der Waals surface area contributed by atoms with Crippen molar-refractivity contribution in [2.45, 2.75) is 31.4 Å². The van der Waals surface area contributed by atoms with Crippen molar-refractivity contribution < 1.29 is 9.53 Å². The fraction of sp³-hybridized carbons (Fsp3) is 0.533. The van der Waals surface area contributed by atoms with Gasteiger partial charge in [-0.1, -0.05) is 0 Å². The number of hydrogen-bond acceptors (Lipinski definition) is 5. The Hall–Kier alpha value is -1.36. The number of esters is 1. The van der Waals surface area contributed by atoms with E-state index in [0.717, 1.165) is 17.8 Å². The molecule has 2 rings (SSSR count). The molecule has 0 amide bonds. The van der Waals surface area contributed by atoms with Crippen molar-refractivity contribution in [2.75, 3.05) is 30.5 Å². The van der Waals surface area contributed by atoms with E-state index in [1.165, 1.54) is 25.7 Å². The summed E-state index contributed by atoms with van der Waals surface area (Å²) in [7, 11) is 1.37.